The quantitative estimate of drug-likeness (QED) is 0.804. The normalized spacial score (nSPS) is 19.2. The number of likely N-dealkylation sites (tertiary alicyclic amines) is 1. The molecule has 0 unspecified atom stereocenters. The van der Waals surface area contributed by atoms with Crippen molar-refractivity contribution < 1.29 is 14.3 Å². The number of nitrogens with zero attached hydrogens (tertiary/aromatic N) is 2. The molecule has 0 radical (unpaired) electrons. The Labute approximate surface area is 152 Å². The third-order valence-electron chi connectivity index (χ3n) is 4.75. The van der Waals surface area contributed by atoms with Crippen LogP contribution in [0.1, 0.15) is 24.4 Å². The van der Waals surface area contributed by atoms with Crippen LogP contribution in [0.3, 0.4) is 0 Å². The number of hydrogen-bond acceptors (Lipinski definition) is 5. The zero-order valence-corrected chi connectivity index (χ0v) is 15.4. The van der Waals surface area contributed by atoms with Gasteiger partial charge < -0.3 is 15.0 Å². The van der Waals surface area contributed by atoms with Crippen LogP contribution in [0.15, 0.2) is 24.3 Å². The van der Waals surface area contributed by atoms with Crippen LogP contribution in [0, 0.1) is 0 Å². The Bertz CT molecular complexity index is 619. The van der Waals surface area contributed by atoms with Crippen molar-refractivity contribution in [3.05, 3.63) is 29.8 Å². The summed E-state index contributed by atoms with van der Waals surface area (Å²) >= 11 is 1.28. The molecule has 0 aromatic heterocycles. The van der Waals surface area contributed by atoms with Crippen molar-refractivity contribution in [1.82, 2.24) is 15.1 Å². The molecule has 25 heavy (non-hydrogen) atoms. The van der Waals surface area contributed by atoms with Crippen molar-refractivity contribution in [3.63, 3.8) is 0 Å². The summed E-state index contributed by atoms with van der Waals surface area (Å²) in [5.74, 6) is 1.51. The van der Waals surface area contributed by atoms with E-state index in [2.05, 4.69) is 16.3 Å². The minimum atomic E-state index is -0.102. The van der Waals surface area contributed by atoms with Gasteiger partial charge in [0.05, 0.1) is 13.2 Å². The zero-order chi connectivity index (χ0) is 17.6. The summed E-state index contributed by atoms with van der Waals surface area (Å²) in [6.45, 7) is 3.37. The number of hydrogen-bond donors (Lipinski definition) is 1. The van der Waals surface area contributed by atoms with Crippen LogP contribution in [0.25, 0.3) is 0 Å². The highest BCUT2D eigenvalue weighted by Crippen LogP contribution is 2.31. The van der Waals surface area contributed by atoms with Crippen molar-refractivity contribution in [1.29, 1.82) is 0 Å². The van der Waals surface area contributed by atoms with Crippen molar-refractivity contribution >= 4 is 22.9 Å². The Morgan fingerprint density at radius 3 is 2.72 bits per heavy atom. The lowest BCUT2D eigenvalue weighted by molar-refractivity contribution is -0.121. The number of thioether (sulfide) groups is 1. The lowest BCUT2D eigenvalue weighted by Gasteiger charge is -2.29. The van der Waals surface area contributed by atoms with Gasteiger partial charge in [-0.05, 0) is 32.0 Å². The van der Waals surface area contributed by atoms with E-state index < -0.39 is 0 Å². The third-order valence-corrected chi connectivity index (χ3v) is 5.64. The van der Waals surface area contributed by atoms with Gasteiger partial charge in [-0.1, -0.05) is 30.0 Å². The number of carbonyl (C=O) groups is 2. The molecule has 2 heterocycles. The third kappa shape index (κ3) is 4.46. The second-order valence-electron chi connectivity index (χ2n) is 6.34. The molecule has 3 rings (SSSR count). The van der Waals surface area contributed by atoms with Crippen LogP contribution < -0.4 is 10.1 Å². The Morgan fingerprint density at radius 1 is 1.28 bits per heavy atom. The van der Waals surface area contributed by atoms with Gasteiger partial charge >= 0.3 is 0 Å². The number of amides is 2. The van der Waals surface area contributed by atoms with Crippen LogP contribution in [-0.2, 0) is 4.79 Å². The van der Waals surface area contributed by atoms with Crippen molar-refractivity contribution in [2.24, 2.45) is 0 Å². The minimum absolute atomic E-state index is 0.00373. The van der Waals surface area contributed by atoms with Crippen LogP contribution in [0.4, 0.5) is 4.79 Å². The number of methoxy groups -OCH3 is 1. The molecule has 136 valence electrons. The molecule has 1 aromatic rings. The van der Waals surface area contributed by atoms with E-state index >= 15 is 0 Å². The summed E-state index contributed by atoms with van der Waals surface area (Å²) in [7, 11) is 1.68. The van der Waals surface area contributed by atoms with Gasteiger partial charge in [0.2, 0.25) is 5.91 Å². The molecule has 0 spiro atoms. The van der Waals surface area contributed by atoms with E-state index in [4.69, 9.17) is 4.74 Å². The van der Waals surface area contributed by atoms with Gasteiger partial charge in [0.15, 0.2) is 0 Å². The topological polar surface area (TPSA) is 61.9 Å². The first-order chi connectivity index (χ1) is 12.2. The molecule has 7 heteroatoms. The molecule has 6 nitrogen and oxygen atoms in total. The van der Waals surface area contributed by atoms with E-state index in [1.165, 1.54) is 24.6 Å². The molecule has 0 saturated carbocycles. The van der Waals surface area contributed by atoms with Crippen LogP contribution >= 0.6 is 11.8 Å². The Kier molecular flexibility index (Phi) is 6.20. The van der Waals surface area contributed by atoms with Gasteiger partial charge in [0.25, 0.3) is 5.24 Å². The summed E-state index contributed by atoms with van der Waals surface area (Å²) in [5, 5.41) is 3.01. The molecule has 0 bridgehead atoms. The highest BCUT2D eigenvalue weighted by Gasteiger charge is 2.27. The van der Waals surface area contributed by atoms with Gasteiger partial charge in [0.1, 0.15) is 12.3 Å². The first-order valence-corrected chi connectivity index (χ1v) is 9.73. The maximum atomic E-state index is 12.3. The summed E-state index contributed by atoms with van der Waals surface area (Å²) < 4.78 is 5.52. The van der Waals surface area contributed by atoms with Crippen LogP contribution in [-0.4, -0.2) is 66.5 Å². The number of carbonyl (C=O) groups excluding carboxylic acids is 2. The van der Waals surface area contributed by atoms with Crippen LogP contribution in [0.5, 0.6) is 5.75 Å². The van der Waals surface area contributed by atoms with E-state index in [1.807, 2.05) is 18.2 Å². The number of ether oxygens (including phenoxy) is 1. The summed E-state index contributed by atoms with van der Waals surface area (Å²) in [6.07, 6.45) is 2.36. The van der Waals surface area contributed by atoms with Crippen molar-refractivity contribution in [3.8, 4) is 5.75 Å². The molecule has 2 fully saturated rings. The summed E-state index contributed by atoms with van der Waals surface area (Å²) in [5.41, 5.74) is 1.10. The fraction of sp³-hybridized carbons (Fsp3) is 0.556. The van der Waals surface area contributed by atoms with Crippen molar-refractivity contribution in [2.45, 2.75) is 18.9 Å². The highest BCUT2D eigenvalue weighted by atomic mass is 32.2. The second-order valence-corrected chi connectivity index (χ2v) is 7.39. The van der Waals surface area contributed by atoms with E-state index in [-0.39, 0.29) is 23.7 Å². The number of benzene rings is 1. The monoisotopic (exact) mass is 363 g/mol. The van der Waals surface area contributed by atoms with Gasteiger partial charge in [0, 0.05) is 24.4 Å². The largest absolute Gasteiger partial charge is 0.496 e. The summed E-state index contributed by atoms with van der Waals surface area (Å²) in [4.78, 5) is 27.9. The first kappa shape index (κ1) is 18.1. The molecular weight excluding hydrogens is 338 g/mol. The van der Waals surface area contributed by atoms with Gasteiger partial charge in [-0.15, -0.1) is 0 Å². The molecule has 0 aliphatic carbocycles. The van der Waals surface area contributed by atoms with Crippen molar-refractivity contribution in [2.75, 3.05) is 45.6 Å². The molecule has 2 amide bonds. The Balaban J connectivity index is 1.65. The maximum Gasteiger partial charge on any atom is 0.282 e. The van der Waals surface area contributed by atoms with Gasteiger partial charge in [-0.25, -0.2) is 0 Å². The SMILES string of the molecule is COc1ccccc1[C@@H](CNC(=O)CN1CCSC1=O)N1CCCC1. The van der Waals surface area contributed by atoms with Crippen LogP contribution in [0.2, 0.25) is 0 Å². The maximum absolute atomic E-state index is 12.3. The molecule has 2 saturated heterocycles. The Morgan fingerprint density at radius 2 is 2.04 bits per heavy atom. The molecule has 2 aliphatic rings. The molecule has 1 atom stereocenters. The highest BCUT2D eigenvalue weighted by molar-refractivity contribution is 8.13. The predicted molar refractivity (Wildman–Crippen MR) is 99.0 cm³/mol. The second kappa shape index (κ2) is 8.58. The fourth-order valence-corrected chi connectivity index (χ4v) is 4.26. The van der Waals surface area contributed by atoms with Gasteiger partial charge in [-0.3, -0.25) is 14.5 Å². The standard InChI is InChI=1S/C18H25N3O3S/c1-24-16-7-3-2-6-14(16)15(20-8-4-5-9-20)12-19-17(22)13-21-10-11-25-18(21)23/h2-3,6-7,15H,4-5,8-13H2,1H3,(H,19,22)/t15-/m1/s1. The first-order valence-electron chi connectivity index (χ1n) is 8.74. The average Bonchev–Trinajstić information content (AvgIpc) is 3.28. The average molecular weight is 363 g/mol. The molecule has 1 aromatic carbocycles. The summed E-state index contributed by atoms with van der Waals surface area (Å²) in [6, 6.07) is 8.07. The number of para-hydroxylation sites is 1. The van der Waals surface area contributed by atoms with E-state index in [1.54, 1.807) is 12.0 Å². The smallest absolute Gasteiger partial charge is 0.282 e. The lowest BCUT2D eigenvalue weighted by atomic mass is 10.0. The van der Waals surface area contributed by atoms with E-state index in [0.29, 0.717) is 13.1 Å². The number of nitrogens with one attached hydrogen (secondary N) is 1. The van der Waals surface area contributed by atoms with Gasteiger partial charge in [-0.2, -0.15) is 0 Å². The number of rotatable bonds is 7. The lowest BCUT2D eigenvalue weighted by Crippen LogP contribution is -2.41. The zero-order valence-electron chi connectivity index (χ0n) is 14.6. The molecule has 1 N–H and O–H groups in total. The minimum Gasteiger partial charge on any atom is -0.496 e. The van der Waals surface area contributed by atoms with E-state index in [9.17, 15) is 9.59 Å². The van der Waals surface area contributed by atoms with E-state index in [0.717, 1.165) is 30.2 Å². The molecular formula is C18H25N3O3S. The molecule has 2 aliphatic heterocycles. The predicted octanol–water partition coefficient (Wildman–Crippen LogP) is 2.12. The fourth-order valence-electron chi connectivity index (χ4n) is 3.44. The Hall–Kier alpha value is -1.73.